The van der Waals surface area contributed by atoms with Crippen LogP contribution in [0.3, 0.4) is 0 Å². The molecule has 2 rings (SSSR count). The van der Waals surface area contributed by atoms with Gasteiger partial charge < -0.3 is 15.2 Å². The summed E-state index contributed by atoms with van der Waals surface area (Å²) in [4.78, 5) is 0. The normalized spacial score (nSPS) is 18.4. The largest absolute Gasteiger partial charge is 0.495 e. The Balaban J connectivity index is 2.06. The third-order valence-electron chi connectivity index (χ3n) is 3.88. The lowest BCUT2D eigenvalue weighted by Gasteiger charge is -2.27. The van der Waals surface area contributed by atoms with Crippen molar-refractivity contribution >= 4 is 37.5 Å². The molecule has 0 spiro atoms. The molecule has 112 valence electrons. The van der Waals surface area contributed by atoms with Crippen molar-refractivity contribution in [2.24, 2.45) is 0 Å². The number of methoxy groups -OCH3 is 1. The van der Waals surface area contributed by atoms with Gasteiger partial charge in [0, 0.05) is 17.1 Å². The number of rotatable bonds is 4. The molecule has 0 radical (unpaired) electrons. The van der Waals surface area contributed by atoms with Crippen molar-refractivity contribution in [3.8, 4) is 5.75 Å². The van der Waals surface area contributed by atoms with E-state index in [-0.39, 0.29) is 0 Å². The van der Waals surface area contributed by atoms with E-state index >= 15 is 0 Å². The summed E-state index contributed by atoms with van der Waals surface area (Å²) in [6, 6.07) is 3.90. The first-order chi connectivity index (χ1) is 9.54. The lowest BCUT2D eigenvalue weighted by Crippen LogP contribution is -2.36. The van der Waals surface area contributed by atoms with Gasteiger partial charge in [-0.25, -0.2) is 0 Å². The summed E-state index contributed by atoms with van der Waals surface area (Å²) in [5.74, 6) is 0.781. The molecule has 0 aromatic heterocycles. The average Bonchev–Trinajstić information content (AvgIpc) is 2.63. The van der Waals surface area contributed by atoms with Crippen molar-refractivity contribution in [1.29, 1.82) is 0 Å². The van der Waals surface area contributed by atoms with Crippen LogP contribution in [0.15, 0.2) is 21.1 Å². The summed E-state index contributed by atoms with van der Waals surface area (Å²) in [5, 5.41) is 14.0. The second-order valence-corrected chi connectivity index (χ2v) is 7.17. The fraction of sp³-hybridized carbons (Fsp3) is 0.600. The molecule has 0 bridgehead atoms. The van der Waals surface area contributed by atoms with Crippen LogP contribution in [0.2, 0.25) is 0 Å². The number of ether oxygens (including phenoxy) is 1. The van der Waals surface area contributed by atoms with Crippen LogP contribution in [0.4, 0.5) is 5.69 Å². The maximum absolute atomic E-state index is 10.7. The second kappa shape index (κ2) is 7.14. The Hall–Kier alpha value is -0.260. The third-order valence-corrected chi connectivity index (χ3v) is 5.16. The highest BCUT2D eigenvalue weighted by molar-refractivity contribution is 9.11. The van der Waals surface area contributed by atoms with E-state index in [1.807, 2.05) is 12.1 Å². The summed E-state index contributed by atoms with van der Waals surface area (Å²) in [7, 11) is 1.65. The summed E-state index contributed by atoms with van der Waals surface area (Å²) < 4.78 is 7.18. The maximum Gasteiger partial charge on any atom is 0.135 e. The van der Waals surface area contributed by atoms with Crippen molar-refractivity contribution < 1.29 is 9.84 Å². The van der Waals surface area contributed by atoms with E-state index in [0.29, 0.717) is 6.54 Å². The molecule has 0 saturated heterocycles. The highest BCUT2D eigenvalue weighted by atomic mass is 79.9. The van der Waals surface area contributed by atoms with E-state index in [1.165, 1.54) is 12.8 Å². The number of hydrogen-bond donors (Lipinski definition) is 2. The molecule has 0 unspecified atom stereocenters. The van der Waals surface area contributed by atoms with Gasteiger partial charge >= 0.3 is 0 Å². The minimum absolute atomic E-state index is 0.580. The zero-order chi connectivity index (χ0) is 14.6. The Morgan fingerprint density at radius 2 is 1.80 bits per heavy atom. The number of halogens is 2. The molecule has 1 saturated carbocycles. The van der Waals surface area contributed by atoms with Gasteiger partial charge in [0.25, 0.3) is 0 Å². The quantitative estimate of drug-likeness (QED) is 0.711. The van der Waals surface area contributed by atoms with Gasteiger partial charge in [0.2, 0.25) is 0 Å². The molecular weight excluding hydrogens is 386 g/mol. The lowest BCUT2D eigenvalue weighted by atomic mass is 9.94. The molecule has 1 fully saturated rings. The fourth-order valence-electron chi connectivity index (χ4n) is 2.64. The van der Waals surface area contributed by atoms with E-state index in [0.717, 1.165) is 46.1 Å². The minimum Gasteiger partial charge on any atom is -0.495 e. The zero-order valence-electron chi connectivity index (χ0n) is 11.7. The van der Waals surface area contributed by atoms with Crippen LogP contribution in [0.1, 0.15) is 38.5 Å². The van der Waals surface area contributed by atoms with Gasteiger partial charge in [-0.05, 0) is 50.8 Å². The standard InChI is InChI=1S/C15H21Br2NO2/c1-20-14-9-13(11(16)8-12(14)17)18-10-15(19)6-4-2-3-5-7-15/h8-9,18-19H,2-7,10H2,1H3. The smallest absolute Gasteiger partial charge is 0.135 e. The van der Waals surface area contributed by atoms with Gasteiger partial charge in [-0.2, -0.15) is 0 Å². The Morgan fingerprint density at radius 3 is 2.40 bits per heavy atom. The number of nitrogens with one attached hydrogen (secondary N) is 1. The molecule has 0 aliphatic heterocycles. The Bertz CT molecular complexity index is 457. The van der Waals surface area contributed by atoms with Crippen LogP contribution >= 0.6 is 31.9 Å². The van der Waals surface area contributed by atoms with Crippen LogP contribution in [0.5, 0.6) is 5.75 Å². The van der Waals surface area contributed by atoms with Gasteiger partial charge in [0.05, 0.1) is 22.9 Å². The van der Waals surface area contributed by atoms with Crippen molar-refractivity contribution in [3.05, 3.63) is 21.1 Å². The monoisotopic (exact) mass is 405 g/mol. The van der Waals surface area contributed by atoms with Gasteiger partial charge in [0.1, 0.15) is 5.75 Å². The van der Waals surface area contributed by atoms with E-state index in [9.17, 15) is 5.11 Å². The maximum atomic E-state index is 10.7. The Kier molecular flexibility index (Phi) is 5.75. The molecule has 1 aliphatic carbocycles. The van der Waals surface area contributed by atoms with E-state index < -0.39 is 5.60 Å². The zero-order valence-corrected chi connectivity index (χ0v) is 14.9. The molecule has 2 N–H and O–H groups in total. The van der Waals surface area contributed by atoms with Crippen molar-refractivity contribution in [2.75, 3.05) is 19.0 Å². The molecule has 0 atom stereocenters. The van der Waals surface area contributed by atoms with Crippen LogP contribution < -0.4 is 10.1 Å². The van der Waals surface area contributed by atoms with Crippen LogP contribution in [-0.2, 0) is 0 Å². The molecule has 5 heteroatoms. The number of benzene rings is 1. The van der Waals surface area contributed by atoms with Crippen molar-refractivity contribution in [2.45, 2.75) is 44.1 Å². The molecule has 0 amide bonds. The average molecular weight is 407 g/mol. The number of aliphatic hydroxyl groups is 1. The fourth-order valence-corrected chi connectivity index (χ4v) is 3.94. The van der Waals surface area contributed by atoms with E-state index in [1.54, 1.807) is 7.11 Å². The van der Waals surface area contributed by atoms with E-state index in [4.69, 9.17) is 4.74 Å². The van der Waals surface area contributed by atoms with Crippen LogP contribution in [0, 0.1) is 0 Å². The second-order valence-electron chi connectivity index (χ2n) is 5.46. The highest BCUT2D eigenvalue weighted by Crippen LogP contribution is 2.35. The molecule has 1 aliphatic rings. The van der Waals surface area contributed by atoms with E-state index in [2.05, 4.69) is 37.2 Å². The molecular formula is C15H21Br2NO2. The first-order valence-corrected chi connectivity index (χ1v) is 8.62. The van der Waals surface area contributed by atoms with Gasteiger partial charge in [0.15, 0.2) is 0 Å². The predicted molar refractivity (Wildman–Crippen MR) is 89.5 cm³/mol. The molecule has 3 nitrogen and oxygen atoms in total. The van der Waals surface area contributed by atoms with Crippen molar-refractivity contribution in [3.63, 3.8) is 0 Å². The SMILES string of the molecule is COc1cc(NCC2(O)CCCCCC2)c(Br)cc1Br. The summed E-state index contributed by atoms with van der Waals surface area (Å²) >= 11 is 7.00. The van der Waals surface area contributed by atoms with Crippen LogP contribution in [-0.4, -0.2) is 24.4 Å². The number of anilines is 1. The molecule has 20 heavy (non-hydrogen) atoms. The summed E-state index contributed by atoms with van der Waals surface area (Å²) in [5.41, 5.74) is 0.360. The van der Waals surface area contributed by atoms with Gasteiger partial charge in [-0.3, -0.25) is 0 Å². The first kappa shape index (κ1) is 16.1. The topological polar surface area (TPSA) is 41.5 Å². The minimum atomic E-state index is -0.587. The highest BCUT2D eigenvalue weighted by Gasteiger charge is 2.27. The predicted octanol–water partition coefficient (Wildman–Crippen LogP) is 4.72. The molecule has 1 aromatic carbocycles. The molecule has 0 heterocycles. The number of hydrogen-bond acceptors (Lipinski definition) is 3. The van der Waals surface area contributed by atoms with Gasteiger partial charge in [-0.15, -0.1) is 0 Å². The van der Waals surface area contributed by atoms with Gasteiger partial charge in [-0.1, -0.05) is 25.7 Å². The summed E-state index contributed by atoms with van der Waals surface area (Å²) in [6.07, 6.45) is 6.46. The summed E-state index contributed by atoms with van der Waals surface area (Å²) in [6.45, 7) is 0.580. The first-order valence-electron chi connectivity index (χ1n) is 7.03. The van der Waals surface area contributed by atoms with Crippen molar-refractivity contribution in [1.82, 2.24) is 0 Å². The lowest BCUT2D eigenvalue weighted by molar-refractivity contribution is 0.0381. The van der Waals surface area contributed by atoms with Crippen LogP contribution in [0.25, 0.3) is 0 Å². The third kappa shape index (κ3) is 4.12. The molecule has 1 aromatic rings. The Morgan fingerprint density at radius 1 is 1.15 bits per heavy atom. The Labute approximate surface area is 137 Å².